The van der Waals surface area contributed by atoms with E-state index in [4.69, 9.17) is 14.5 Å². The molecule has 0 saturated carbocycles. The molecule has 184 valence electrons. The van der Waals surface area contributed by atoms with E-state index in [1.165, 1.54) is 17.7 Å². The lowest BCUT2D eigenvalue weighted by Crippen LogP contribution is -2.28. The summed E-state index contributed by atoms with van der Waals surface area (Å²) in [6.45, 7) is 4.81. The van der Waals surface area contributed by atoms with E-state index in [1.54, 1.807) is 7.11 Å². The molecule has 1 aromatic carbocycles. The van der Waals surface area contributed by atoms with Crippen LogP contribution in [0.15, 0.2) is 36.4 Å². The molecule has 1 saturated heterocycles. The van der Waals surface area contributed by atoms with Crippen molar-refractivity contribution in [3.8, 4) is 5.75 Å². The highest BCUT2D eigenvalue weighted by molar-refractivity contribution is 5.68. The number of aromatic nitrogens is 1. The van der Waals surface area contributed by atoms with Crippen LogP contribution in [0.3, 0.4) is 0 Å². The molecule has 2 aromatic rings. The second-order valence-electron chi connectivity index (χ2n) is 9.50. The molecule has 7 nitrogen and oxygen atoms in total. The number of carbonyl (C=O) groups is 1. The van der Waals surface area contributed by atoms with Crippen LogP contribution in [-0.2, 0) is 22.4 Å². The normalized spacial score (nSPS) is 18.8. The number of aryl methyl sites for hydroxylation is 2. The average molecular weight is 468 g/mol. The molecule has 34 heavy (non-hydrogen) atoms. The number of carboxylic acids is 1. The van der Waals surface area contributed by atoms with Gasteiger partial charge < -0.3 is 24.8 Å². The van der Waals surface area contributed by atoms with E-state index >= 15 is 0 Å². The molecule has 0 amide bonds. The predicted octanol–water partition coefficient (Wildman–Crippen LogP) is 3.98. The number of nitrogens with zero attached hydrogens (tertiary/aromatic N) is 2. The zero-order valence-electron chi connectivity index (χ0n) is 20.2. The van der Waals surface area contributed by atoms with Crippen LogP contribution >= 0.6 is 0 Å². The van der Waals surface area contributed by atoms with Crippen molar-refractivity contribution in [2.24, 2.45) is 5.92 Å². The van der Waals surface area contributed by atoms with Crippen LogP contribution in [0.1, 0.15) is 48.4 Å². The molecule has 0 spiro atoms. The van der Waals surface area contributed by atoms with Gasteiger partial charge in [0.15, 0.2) is 0 Å². The number of nitrogens with one attached hydrogen (secondary N) is 1. The topological polar surface area (TPSA) is 83.9 Å². The molecule has 0 bridgehead atoms. The second-order valence-corrected chi connectivity index (χ2v) is 9.50. The summed E-state index contributed by atoms with van der Waals surface area (Å²) in [6.07, 6.45) is 5.69. The van der Waals surface area contributed by atoms with E-state index in [0.717, 1.165) is 69.0 Å². The Morgan fingerprint density at radius 3 is 3.06 bits per heavy atom. The maximum Gasteiger partial charge on any atom is 0.304 e. The Balaban J connectivity index is 1.31. The van der Waals surface area contributed by atoms with E-state index in [2.05, 4.69) is 22.3 Å². The SMILES string of the molecule is COCCOc1cccc(C(CC(=O)O)CN2CCC(CCc3ccc4c(n3)NCCC4)C2)c1. The molecular formula is C27H37N3O4. The zero-order chi connectivity index (χ0) is 23.8. The van der Waals surface area contributed by atoms with Crippen molar-refractivity contribution in [1.82, 2.24) is 9.88 Å². The van der Waals surface area contributed by atoms with E-state index < -0.39 is 5.97 Å². The van der Waals surface area contributed by atoms with Crippen LogP contribution in [-0.4, -0.2) is 67.5 Å². The monoisotopic (exact) mass is 467 g/mol. The third kappa shape index (κ3) is 6.93. The fraction of sp³-hybridized carbons (Fsp3) is 0.556. The van der Waals surface area contributed by atoms with E-state index in [-0.39, 0.29) is 12.3 Å². The number of rotatable bonds is 12. The molecule has 2 aliphatic heterocycles. The Labute approximate surface area is 202 Å². The number of hydrogen-bond acceptors (Lipinski definition) is 6. The number of anilines is 1. The molecule has 7 heteroatoms. The van der Waals surface area contributed by atoms with Crippen molar-refractivity contribution < 1.29 is 19.4 Å². The lowest BCUT2D eigenvalue weighted by atomic mass is 9.94. The molecule has 2 aliphatic rings. The van der Waals surface area contributed by atoms with Gasteiger partial charge in [0, 0.05) is 38.4 Å². The Bertz CT molecular complexity index is 951. The Hall–Kier alpha value is -2.64. The van der Waals surface area contributed by atoms with Crippen molar-refractivity contribution in [2.75, 3.05) is 51.8 Å². The van der Waals surface area contributed by atoms with Crippen LogP contribution in [0, 0.1) is 5.92 Å². The van der Waals surface area contributed by atoms with Gasteiger partial charge in [-0.05, 0) is 73.9 Å². The van der Waals surface area contributed by atoms with Crippen LogP contribution in [0.2, 0.25) is 0 Å². The quantitative estimate of drug-likeness (QED) is 0.457. The van der Waals surface area contributed by atoms with Crippen LogP contribution in [0.25, 0.3) is 0 Å². The van der Waals surface area contributed by atoms with Crippen LogP contribution in [0.5, 0.6) is 5.75 Å². The number of aliphatic carboxylic acids is 1. The number of ether oxygens (including phenoxy) is 2. The third-order valence-electron chi connectivity index (χ3n) is 6.92. The number of benzene rings is 1. The van der Waals surface area contributed by atoms with E-state index in [0.29, 0.717) is 19.1 Å². The van der Waals surface area contributed by atoms with Gasteiger partial charge in [-0.25, -0.2) is 4.98 Å². The smallest absolute Gasteiger partial charge is 0.304 e. The largest absolute Gasteiger partial charge is 0.491 e. The van der Waals surface area contributed by atoms with Crippen molar-refractivity contribution >= 4 is 11.8 Å². The van der Waals surface area contributed by atoms with E-state index in [9.17, 15) is 9.90 Å². The molecule has 0 radical (unpaired) electrons. The average Bonchev–Trinajstić information content (AvgIpc) is 3.30. The summed E-state index contributed by atoms with van der Waals surface area (Å²) in [5, 5.41) is 13.0. The van der Waals surface area contributed by atoms with Crippen molar-refractivity contribution in [3.63, 3.8) is 0 Å². The van der Waals surface area contributed by atoms with Crippen molar-refractivity contribution in [2.45, 2.75) is 44.4 Å². The standard InChI is InChI=1S/C27H37N3O4/c1-33-14-15-34-25-6-2-4-22(16-25)23(17-26(31)32)19-30-13-11-20(18-30)7-9-24-10-8-21-5-3-12-28-27(21)29-24/h2,4,6,8,10,16,20,23H,3,5,7,9,11-15,17-19H2,1H3,(H,28,29)(H,31,32). The zero-order valence-corrected chi connectivity index (χ0v) is 20.2. The number of fused-ring (bicyclic) bond motifs is 1. The van der Waals surface area contributed by atoms with Gasteiger partial charge in [-0.2, -0.15) is 0 Å². The summed E-state index contributed by atoms with van der Waals surface area (Å²) >= 11 is 0. The first-order valence-corrected chi connectivity index (χ1v) is 12.5. The minimum absolute atomic E-state index is 0.0596. The molecule has 3 heterocycles. The number of pyridine rings is 1. The lowest BCUT2D eigenvalue weighted by Gasteiger charge is -2.24. The highest BCUT2D eigenvalue weighted by Crippen LogP contribution is 2.29. The van der Waals surface area contributed by atoms with Crippen molar-refractivity contribution in [3.05, 3.63) is 53.2 Å². The summed E-state index contributed by atoms with van der Waals surface area (Å²) in [4.78, 5) is 18.9. The van der Waals surface area contributed by atoms with Gasteiger partial charge in [0.1, 0.15) is 18.2 Å². The molecular weight excluding hydrogens is 430 g/mol. The molecule has 2 unspecified atom stereocenters. The Morgan fingerprint density at radius 1 is 1.29 bits per heavy atom. The summed E-state index contributed by atoms with van der Waals surface area (Å²) in [5.41, 5.74) is 3.52. The second kappa shape index (κ2) is 12.2. The van der Waals surface area contributed by atoms with Gasteiger partial charge >= 0.3 is 5.97 Å². The van der Waals surface area contributed by atoms with Gasteiger partial charge in [0.2, 0.25) is 0 Å². The van der Waals surface area contributed by atoms with Crippen LogP contribution < -0.4 is 10.1 Å². The highest BCUT2D eigenvalue weighted by Gasteiger charge is 2.27. The molecule has 2 N–H and O–H groups in total. The lowest BCUT2D eigenvalue weighted by molar-refractivity contribution is -0.137. The third-order valence-corrected chi connectivity index (χ3v) is 6.92. The van der Waals surface area contributed by atoms with Gasteiger partial charge in [-0.3, -0.25) is 4.79 Å². The van der Waals surface area contributed by atoms with Gasteiger partial charge in [-0.1, -0.05) is 18.2 Å². The first-order valence-electron chi connectivity index (χ1n) is 12.5. The number of hydrogen-bond donors (Lipinski definition) is 2. The summed E-state index contributed by atoms with van der Waals surface area (Å²) < 4.78 is 10.8. The number of likely N-dealkylation sites (tertiary alicyclic amines) is 1. The van der Waals surface area contributed by atoms with Gasteiger partial charge in [0.05, 0.1) is 13.0 Å². The maximum atomic E-state index is 11.6. The van der Waals surface area contributed by atoms with Gasteiger partial charge in [-0.15, -0.1) is 0 Å². The molecule has 0 aliphatic carbocycles. The van der Waals surface area contributed by atoms with E-state index in [1.807, 2.05) is 24.3 Å². The summed E-state index contributed by atoms with van der Waals surface area (Å²) in [5.74, 6) is 1.63. The minimum Gasteiger partial charge on any atom is -0.491 e. The first-order chi connectivity index (χ1) is 16.6. The Morgan fingerprint density at radius 2 is 2.21 bits per heavy atom. The van der Waals surface area contributed by atoms with Crippen molar-refractivity contribution in [1.29, 1.82) is 0 Å². The molecule has 1 fully saturated rings. The summed E-state index contributed by atoms with van der Waals surface area (Å²) in [7, 11) is 1.65. The predicted molar refractivity (Wildman–Crippen MR) is 133 cm³/mol. The summed E-state index contributed by atoms with van der Waals surface area (Å²) in [6, 6.07) is 12.3. The fourth-order valence-corrected chi connectivity index (χ4v) is 5.09. The number of carboxylic acid groups (broad SMARTS) is 1. The maximum absolute atomic E-state index is 11.6. The molecule has 2 atom stereocenters. The van der Waals surface area contributed by atoms with Crippen LogP contribution in [0.4, 0.5) is 5.82 Å². The highest BCUT2D eigenvalue weighted by atomic mass is 16.5. The first kappa shape index (κ1) is 24.5. The molecule has 4 rings (SSSR count). The Kier molecular flexibility index (Phi) is 8.77. The van der Waals surface area contributed by atoms with Gasteiger partial charge in [0.25, 0.3) is 0 Å². The molecule has 1 aromatic heterocycles. The fourth-order valence-electron chi connectivity index (χ4n) is 5.09. The number of methoxy groups -OCH3 is 1. The minimum atomic E-state index is -0.765.